The van der Waals surface area contributed by atoms with Crippen molar-refractivity contribution in [3.8, 4) is 0 Å². The van der Waals surface area contributed by atoms with Crippen LogP contribution in [0.4, 0.5) is 18.9 Å². The van der Waals surface area contributed by atoms with Crippen LogP contribution in [0.1, 0.15) is 43.0 Å². The lowest BCUT2D eigenvalue weighted by atomic mass is 9.91. The summed E-state index contributed by atoms with van der Waals surface area (Å²) in [6, 6.07) is 10.3. The predicted molar refractivity (Wildman–Crippen MR) is 107 cm³/mol. The van der Waals surface area contributed by atoms with Crippen LogP contribution in [0.25, 0.3) is 0 Å². The van der Waals surface area contributed by atoms with Crippen LogP contribution in [0.5, 0.6) is 0 Å². The third-order valence-electron chi connectivity index (χ3n) is 4.93. The summed E-state index contributed by atoms with van der Waals surface area (Å²) >= 11 is 0. The van der Waals surface area contributed by atoms with Crippen LogP contribution in [0, 0.1) is 12.8 Å². The summed E-state index contributed by atoms with van der Waals surface area (Å²) < 4.78 is 38.8. The Hall–Kier alpha value is -3.09. The summed E-state index contributed by atoms with van der Waals surface area (Å²) in [6.45, 7) is 5.55. The Bertz CT molecular complexity index is 1010. The van der Waals surface area contributed by atoms with Gasteiger partial charge in [-0.05, 0) is 42.7 Å². The van der Waals surface area contributed by atoms with E-state index in [1.54, 1.807) is 18.2 Å². The molecule has 0 fully saturated rings. The second-order valence-corrected chi connectivity index (χ2v) is 7.82. The zero-order valence-corrected chi connectivity index (χ0v) is 16.8. The molecule has 0 spiro atoms. The Morgan fingerprint density at radius 2 is 1.77 bits per heavy atom. The van der Waals surface area contributed by atoms with Gasteiger partial charge in [0.25, 0.3) is 5.91 Å². The van der Waals surface area contributed by atoms with E-state index in [1.165, 1.54) is 17.0 Å². The first-order valence-electron chi connectivity index (χ1n) is 9.54. The zero-order chi connectivity index (χ0) is 22.2. The van der Waals surface area contributed by atoms with Gasteiger partial charge in [0.1, 0.15) is 0 Å². The summed E-state index contributed by atoms with van der Waals surface area (Å²) in [6.07, 6.45) is -4.38. The van der Waals surface area contributed by atoms with Crippen LogP contribution in [0.3, 0.4) is 0 Å². The van der Waals surface area contributed by atoms with E-state index in [4.69, 9.17) is 0 Å². The van der Waals surface area contributed by atoms with Gasteiger partial charge >= 0.3 is 6.18 Å². The third-order valence-corrected chi connectivity index (χ3v) is 4.93. The number of carbonyl (C=O) groups is 2. The topological polar surface area (TPSA) is 57.6 Å². The molecular formula is C23H22F3NO3. The van der Waals surface area contributed by atoms with E-state index in [9.17, 15) is 27.9 Å². The minimum atomic E-state index is -4.51. The fraction of sp³-hybridized carbons (Fsp3) is 0.304. The Kier molecular flexibility index (Phi) is 5.74. The maximum Gasteiger partial charge on any atom is 0.416 e. The van der Waals surface area contributed by atoms with Gasteiger partial charge in [0.15, 0.2) is 11.5 Å². The number of Topliss-reactive ketones (excluding diaryl/α,β-unsaturated/α-hetero) is 1. The summed E-state index contributed by atoms with van der Waals surface area (Å²) in [5.74, 6) is -1.83. The highest BCUT2D eigenvalue weighted by molar-refractivity contribution is 6.16. The van der Waals surface area contributed by atoms with Crippen LogP contribution < -0.4 is 4.90 Å². The van der Waals surface area contributed by atoms with Gasteiger partial charge in [-0.3, -0.25) is 14.5 Å². The largest absolute Gasteiger partial charge is 0.503 e. The van der Waals surface area contributed by atoms with Gasteiger partial charge in [0, 0.05) is 12.1 Å². The van der Waals surface area contributed by atoms with Crippen molar-refractivity contribution in [1.29, 1.82) is 0 Å². The number of hydrogen-bond acceptors (Lipinski definition) is 3. The molecule has 3 rings (SSSR count). The zero-order valence-electron chi connectivity index (χ0n) is 16.8. The molecule has 158 valence electrons. The number of alkyl halides is 3. The highest BCUT2D eigenvalue weighted by Crippen LogP contribution is 2.42. The number of aryl methyl sites for hydroxylation is 1. The minimum absolute atomic E-state index is 0.00572. The summed E-state index contributed by atoms with van der Waals surface area (Å²) in [4.78, 5) is 27.0. The first-order valence-corrected chi connectivity index (χ1v) is 9.54. The average Bonchev–Trinajstić information content (AvgIpc) is 2.92. The molecule has 1 atom stereocenters. The standard InChI is InChI=1S/C23H22F3NO3/c1-13(2)11-18(28)19-20(15-6-4-5-14(3)12-15)27(22(30)21(19)29)17-9-7-16(8-10-17)23(24,25)26/h4-10,12-13,20,29H,11H2,1-3H3. The van der Waals surface area contributed by atoms with E-state index in [-0.39, 0.29) is 29.4 Å². The van der Waals surface area contributed by atoms with Crippen molar-refractivity contribution in [1.82, 2.24) is 0 Å². The van der Waals surface area contributed by atoms with Crippen molar-refractivity contribution >= 4 is 17.4 Å². The average molecular weight is 417 g/mol. The number of aliphatic hydroxyl groups is 1. The molecule has 0 radical (unpaired) electrons. The molecule has 1 aliphatic rings. The summed E-state index contributed by atoms with van der Waals surface area (Å²) in [5.41, 5.74) is 0.768. The molecule has 0 aliphatic carbocycles. The second kappa shape index (κ2) is 7.97. The number of amides is 1. The lowest BCUT2D eigenvalue weighted by Gasteiger charge is -2.27. The molecular weight excluding hydrogens is 395 g/mol. The van der Waals surface area contributed by atoms with Gasteiger partial charge in [0.05, 0.1) is 17.2 Å². The highest BCUT2D eigenvalue weighted by Gasteiger charge is 2.44. The summed E-state index contributed by atoms with van der Waals surface area (Å²) in [5, 5.41) is 10.5. The van der Waals surface area contributed by atoms with E-state index in [0.717, 1.165) is 17.7 Å². The van der Waals surface area contributed by atoms with Crippen molar-refractivity contribution in [3.63, 3.8) is 0 Å². The summed E-state index contributed by atoms with van der Waals surface area (Å²) in [7, 11) is 0. The number of ketones is 1. The number of benzene rings is 2. The molecule has 1 aliphatic heterocycles. The molecule has 7 heteroatoms. The SMILES string of the molecule is Cc1cccc(C2C(C(=O)CC(C)C)=C(O)C(=O)N2c2ccc(C(F)(F)F)cc2)c1. The smallest absolute Gasteiger partial charge is 0.416 e. The number of anilines is 1. The third kappa shape index (κ3) is 4.10. The van der Waals surface area contributed by atoms with Crippen molar-refractivity contribution < 1.29 is 27.9 Å². The molecule has 2 aromatic carbocycles. The molecule has 0 bridgehead atoms. The van der Waals surface area contributed by atoms with Crippen LogP contribution in [0.15, 0.2) is 59.9 Å². The lowest BCUT2D eigenvalue weighted by molar-refractivity contribution is -0.137. The minimum Gasteiger partial charge on any atom is -0.503 e. The maximum atomic E-state index is 12.9. The van der Waals surface area contributed by atoms with Crippen molar-refractivity contribution in [2.24, 2.45) is 5.92 Å². The number of rotatable bonds is 5. The lowest BCUT2D eigenvalue weighted by Crippen LogP contribution is -2.31. The Balaban J connectivity index is 2.12. The Morgan fingerprint density at radius 1 is 1.13 bits per heavy atom. The number of hydrogen-bond donors (Lipinski definition) is 1. The van der Waals surface area contributed by atoms with E-state index >= 15 is 0 Å². The van der Waals surface area contributed by atoms with E-state index < -0.39 is 29.4 Å². The first-order chi connectivity index (χ1) is 14.0. The number of nitrogens with zero attached hydrogens (tertiary/aromatic N) is 1. The molecule has 1 unspecified atom stereocenters. The van der Waals surface area contributed by atoms with E-state index in [2.05, 4.69) is 0 Å². The normalized spacial score (nSPS) is 17.2. The molecule has 30 heavy (non-hydrogen) atoms. The quantitative estimate of drug-likeness (QED) is 0.696. The molecule has 2 aromatic rings. The van der Waals surface area contributed by atoms with Gasteiger partial charge < -0.3 is 5.11 Å². The molecule has 0 aromatic heterocycles. The Labute approximate surface area is 172 Å². The van der Waals surface area contributed by atoms with E-state index in [0.29, 0.717) is 5.56 Å². The fourth-order valence-electron chi connectivity index (χ4n) is 3.60. The molecule has 1 amide bonds. The van der Waals surface area contributed by atoms with Crippen LogP contribution in [0.2, 0.25) is 0 Å². The Morgan fingerprint density at radius 3 is 2.30 bits per heavy atom. The van der Waals surface area contributed by atoms with Crippen LogP contribution >= 0.6 is 0 Å². The second-order valence-electron chi connectivity index (χ2n) is 7.82. The number of halogens is 3. The number of carbonyl (C=O) groups excluding carboxylic acids is 2. The van der Waals surface area contributed by atoms with Crippen molar-refractivity contribution in [2.45, 2.75) is 39.4 Å². The fourth-order valence-corrected chi connectivity index (χ4v) is 3.60. The molecule has 4 nitrogen and oxygen atoms in total. The van der Waals surface area contributed by atoms with Gasteiger partial charge in [-0.1, -0.05) is 43.7 Å². The van der Waals surface area contributed by atoms with Crippen molar-refractivity contribution in [2.75, 3.05) is 4.90 Å². The molecule has 0 saturated carbocycles. The van der Waals surface area contributed by atoms with Crippen molar-refractivity contribution in [3.05, 3.63) is 76.6 Å². The van der Waals surface area contributed by atoms with Gasteiger partial charge in [-0.2, -0.15) is 13.2 Å². The van der Waals surface area contributed by atoms with Crippen LogP contribution in [-0.4, -0.2) is 16.8 Å². The van der Waals surface area contributed by atoms with Crippen LogP contribution in [-0.2, 0) is 15.8 Å². The first kappa shape index (κ1) is 21.6. The molecule has 1 heterocycles. The molecule has 0 saturated heterocycles. The maximum absolute atomic E-state index is 12.9. The van der Waals surface area contributed by atoms with Gasteiger partial charge in [-0.25, -0.2) is 0 Å². The monoisotopic (exact) mass is 417 g/mol. The number of aliphatic hydroxyl groups excluding tert-OH is 1. The molecule has 1 N–H and O–H groups in total. The van der Waals surface area contributed by atoms with Gasteiger partial charge in [0.2, 0.25) is 0 Å². The highest BCUT2D eigenvalue weighted by atomic mass is 19.4. The van der Waals surface area contributed by atoms with Gasteiger partial charge in [-0.15, -0.1) is 0 Å². The predicted octanol–water partition coefficient (Wildman–Crippen LogP) is 5.53. The van der Waals surface area contributed by atoms with E-state index in [1.807, 2.05) is 26.8 Å².